The van der Waals surface area contributed by atoms with Crippen LogP contribution < -0.4 is 0 Å². The first kappa shape index (κ1) is 8.24. The minimum Gasteiger partial charge on any atom is -0.507 e. The Morgan fingerprint density at radius 2 is 2.00 bits per heavy atom. The normalized spacial score (nSPS) is 11.1. The fourth-order valence-corrected chi connectivity index (χ4v) is 0.373. The molecule has 50 valence electrons. The summed E-state index contributed by atoms with van der Waals surface area (Å²) in [5.41, 5.74) is 0.384. The van der Waals surface area contributed by atoms with Gasteiger partial charge in [-0.15, -0.1) is 0 Å². The lowest BCUT2D eigenvalue weighted by atomic mass is 10.4. The van der Waals surface area contributed by atoms with E-state index in [0.717, 1.165) is 0 Å². The molecule has 0 radical (unpaired) electrons. The molecule has 0 aromatic heterocycles. The number of nitrogens with zero attached hydrogens (tertiary/aromatic N) is 1. The smallest absolute Gasteiger partial charge is 0.129 e. The van der Waals surface area contributed by atoms with Gasteiger partial charge in [0.15, 0.2) is 0 Å². The van der Waals surface area contributed by atoms with E-state index in [1.165, 1.54) is 0 Å². The Bertz CT molecular complexity index is 172. The van der Waals surface area contributed by atoms with E-state index in [1.54, 1.807) is 6.92 Å². The standard InChI is InChI=1S/C6H8ClNO/c1-4(5(2)9)8-6(3)7/h9H,2-3H2,1H3/b8-4+. The molecule has 0 saturated carbocycles. The Hall–Kier alpha value is -0.760. The van der Waals surface area contributed by atoms with E-state index in [0.29, 0.717) is 5.71 Å². The predicted octanol–water partition coefficient (Wildman–Crippen LogP) is 2.23. The van der Waals surface area contributed by atoms with Gasteiger partial charge in [0.1, 0.15) is 10.9 Å². The Labute approximate surface area is 59.2 Å². The first-order valence-electron chi connectivity index (χ1n) is 2.32. The van der Waals surface area contributed by atoms with Crippen LogP contribution in [-0.4, -0.2) is 10.8 Å². The Morgan fingerprint density at radius 3 is 2.11 bits per heavy atom. The molecule has 0 bridgehead atoms. The average Bonchev–Trinajstić information content (AvgIpc) is 1.63. The first-order chi connectivity index (χ1) is 4.04. The van der Waals surface area contributed by atoms with Gasteiger partial charge in [-0.2, -0.15) is 0 Å². The number of hydrogen-bond donors (Lipinski definition) is 1. The van der Waals surface area contributed by atoms with E-state index in [9.17, 15) is 0 Å². The van der Waals surface area contributed by atoms with Crippen molar-refractivity contribution in [2.75, 3.05) is 0 Å². The summed E-state index contributed by atoms with van der Waals surface area (Å²) >= 11 is 5.28. The van der Waals surface area contributed by atoms with Crippen molar-refractivity contribution in [3.05, 3.63) is 24.1 Å². The highest BCUT2D eigenvalue weighted by molar-refractivity contribution is 6.29. The van der Waals surface area contributed by atoms with E-state index in [2.05, 4.69) is 18.2 Å². The third-order valence-corrected chi connectivity index (χ3v) is 0.791. The zero-order chi connectivity index (χ0) is 7.44. The number of rotatable bonds is 2. The van der Waals surface area contributed by atoms with Crippen molar-refractivity contribution in [3.63, 3.8) is 0 Å². The predicted molar refractivity (Wildman–Crippen MR) is 39.9 cm³/mol. The number of aliphatic imine (C=N–C) groups is 1. The molecule has 0 unspecified atom stereocenters. The number of aliphatic hydroxyl groups excluding tert-OH is 1. The second kappa shape index (κ2) is 3.30. The number of hydrogen-bond acceptors (Lipinski definition) is 2. The molecule has 9 heavy (non-hydrogen) atoms. The van der Waals surface area contributed by atoms with Crippen LogP contribution in [0.1, 0.15) is 6.92 Å². The zero-order valence-corrected chi connectivity index (χ0v) is 5.94. The van der Waals surface area contributed by atoms with Crippen LogP contribution in [0.3, 0.4) is 0 Å². The van der Waals surface area contributed by atoms with Crippen LogP contribution >= 0.6 is 11.6 Å². The molecule has 0 saturated heterocycles. The maximum Gasteiger partial charge on any atom is 0.129 e. The van der Waals surface area contributed by atoms with E-state index in [4.69, 9.17) is 16.7 Å². The molecule has 0 aliphatic heterocycles. The van der Waals surface area contributed by atoms with Crippen LogP contribution in [0.15, 0.2) is 29.1 Å². The Kier molecular flexibility index (Phi) is 3.02. The fraction of sp³-hybridized carbons (Fsp3) is 0.167. The van der Waals surface area contributed by atoms with Gasteiger partial charge < -0.3 is 5.11 Å². The molecule has 1 N–H and O–H groups in total. The largest absolute Gasteiger partial charge is 0.507 e. The second-order valence-corrected chi connectivity index (χ2v) is 1.96. The quantitative estimate of drug-likeness (QED) is 0.361. The summed E-state index contributed by atoms with van der Waals surface area (Å²) in [6, 6.07) is 0. The maximum atomic E-state index is 8.64. The van der Waals surface area contributed by atoms with Crippen LogP contribution in [0.5, 0.6) is 0 Å². The molecule has 0 aliphatic rings. The van der Waals surface area contributed by atoms with Gasteiger partial charge in [0, 0.05) is 0 Å². The summed E-state index contributed by atoms with van der Waals surface area (Å²) < 4.78 is 0. The fourth-order valence-electron chi connectivity index (χ4n) is 0.247. The summed E-state index contributed by atoms with van der Waals surface area (Å²) in [4.78, 5) is 3.61. The van der Waals surface area contributed by atoms with Crippen LogP contribution in [0.2, 0.25) is 0 Å². The topological polar surface area (TPSA) is 32.6 Å². The van der Waals surface area contributed by atoms with E-state index >= 15 is 0 Å². The van der Waals surface area contributed by atoms with Crippen molar-refractivity contribution < 1.29 is 5.11 Å². The van der Waals surface area contributed by atoms with Gasteiger partial charge in [0.25, 0.3) is 0 Å². The van der Waals surface area contributed by atoms with E-state index in [-0.39, 0.29) is 10.9 Å². The van der Waals surface area contributed by atoms with Crippen molar-refractivity contribution in [1.82, 2.24) is 0 Å². The summed E-state index contributed by atoms with van der Waals surface area (Å²) in [7, 11) is 0. The van der Waals surface area contributed by atoms with E-state index in [1.807, 2.05) is 0 Å². The third kappa shape index (κ3) is 3.79. The van der Waals surface area contributed by atoms with E-state index < -0.39 is 0 Å². The van der Waals surface area contributed by atoms with Crippen LogP contribution in [0.4, 0.5) is 0 Å². The molecule has 0 atom stereocenters. The van der Waals surface area contributed by atoms with Crippen LogP contribution in [-0.2, 0) is 0 Å². The molecule has 2 nitrogen and oxygen atoms in total. The lowest BCUT2D eigenvalue weighted by Crippen LogP contribution is -1.92. The lowest BCUT2D eigenvalue weighted by Gasteiger charge is -1.93. The molecule has 0 amide bonds. The van der Waals surface area contributed by atoms with Gasteiger partial charge in [0.05, 0.1) is 5.71 Å². The minimum absolute atomic E-state index is 0.0863. The number of halogens is 1. The van der Waals surface area contributed by atoms with Crippen molar-refractivity contribution >= 4 is 17.3 Å². The van der Waals surface area contributed by atoms with Gasteiger partial charge in [0.2, 0.25) is 0 Å². The highest BCUT2D eigenvalue weighted by Gasteiger charge is 1.92. The molecule has 0 heterocycles. The molecular weight excluding hydrogens is 138 g/mol. The van der Waals surface area contributed by atoms with Gasteiger partial charge in [-0.25, -0.2) is 4.99 Å². The monoisotopic (exact) mass is 145 g/mol. The Balaban J connectivity index is 4.17. The van der Waals surface area contributed by atoms with Crippen molar-refractivity contribution in [2.24, 2.45) is 4.99 Å². The highest BCUT2D eigenvalue weighted by atomic mass is 35.5. The molecule has 0 aromatic rings. The molecule has 0 aliphatic carbocycles. The summed E-state index contributed by atoms with van der Waals surface area (Å²) in [6.45, 7) is 8.13. The number of allylic oxidation sites excluding steroid dienone is 1. The highest BCUT2D eigenvalue weighted by Crippen LogP contribution is 2.00. The van der Waals surface area contributed by atoms with Gasteiger partial charge in [-0.1, -0.05) is 24.8 Å². The minimum atomic E-state index is -0.0863. The second-order valence-electron chi connectivity index (χ2n) is 1.52. The third-order valence-electron chi connectivity index (χ3n) is 0.707. The summed E-state index contributed by atoms with van der Waals surface area (Å²) in [5.74, 6) is -0.0863. The van der Waals surface area contributed by atoms with Crippen LogP contribution in [0.25, 0.3) is 0 Å². The van der Waals surface area contributed by atoms with Crippen molar-refractivity contribution in [2.45, 2.75) is 6.92 Å². The molecule has 0 fully saturated rings. The zero-order valence-electron chi connectivity index (χ0n) is 5.19. The van der Waals surface area contributed by atoms with Crippen molar-refractivity contribution in [1.29, 1.82) is 0 Å². The lowest BCUT2D eigenvalue weighted by molar-refractivity contribution is 0.445. The number of aliphatic hydroxyl groups is 1. The van der Waals surface area contributed by atoms with Gasteiger partial charge in [-0.05, 0) is 6.92 Å². The first-order valence-corrected chi connectivity index (χ1v) is 2.69. The molecule has 0 spiro atoms. The summed E-state index contributed by atoms with van der Waals surface area (Å²) in [6.07, 6.45) is 0. The molecule has 0 rings (SSSR count). The van der Waals surface area contributed by atoms with Gasteiger partial charge >= 0.3 is 0 Å². The SMILES string of the molecule is C=C(Cl)/N=C(\C)C(=C)O. The molecule has 3 heteroatoms. The van der Waals surface area contributed by atoms with Crippen molar-refractivity contribution in [3.8, 4) is 0 Å². The summed E-state index contributed by atoms with van der Waals surface area (Å²) in [5, 5.41) is 8.79. The maximum absolute atomic E-state index is 8.64. The van der Waals surface area contributed by atoms with Crippen LogP contribution in [0, 0.1) is 0 Å². The molecule has 0 aromatic carbocycles. The average molecular weight is 146 g/mol. The van der Waals surface area contributed by atoms with Gasteiger partial charge in [-0.3, -0.25) is 0 Å². The molecular formula is C6H8ClNO. The Morgan fingerprint density at radius 1 is 1.56 bits per heavy atom.